The van der Waals surface area contributed by atoms with Gasteiger partial charge in [0.05, 0.1) is 16.6 Å². The molecule has 0 saturated carbocycles. The minimum absolute atomic E-state index is 0.714. The van der Waals surface area contributed by atoms with Gasteiger partial charge >= 0.3 is 0 Å². The zero-order valence-electron chi connectivity index (χ0n) is 9.31. The topological polar surface area (TPSA) is 32.6 Å². The average molecular weight is 245 g/mol. The fourth-order valence-electron chi connectivity index (χ4n) is 1.85. The molecule has 84 valence electrons. The highest BCUT2D eigenvalue weighted by molar-refractivity contribution is 6.31. The Morgan fingerprint density at radius 2 is 2.18 bits per heavy atom. The zero-order valence-corrected chi connectivity index (χ0v) is 10.1. The maximum Gasteiger partial charge on any atom is 0.179 e. The van der Waals surface area contributed by atoms with E-state index in [0.29, 0.717) is 5.02 Å². The first kappa shape index (κ1) is 10.3. The molecule has 0 radical (unpaired) electrons. The van der Waals surface area contributed by atoms with Gasteiger partial charge in [-0.15, -0.1) is 0 Å². The number of nitrogens with zero attached hydrogens (tertiary/aromatic N) is 2. The number of aromatic nitrogens is 3. The summed E-state index contributed by atoms with van der Waals surface area (Å²) in [6.07, 6.45) is 4.02. The lowest BCUT2D eigenvalue weighted by Gasteiger charge is -1.92. The van der Waals surface area contributed by atoms with Crippen molar-refractivity contribution in [3.63, 3.8) is 0 Å². The van der Waals surface area contributed by atoms with E-state index >= 15 is 0 Å². The molecular weight excluding hydrogens is 234 g/mol. The third-order valence-corrected chi connectivity index (χ3v) is 2.89. The molecule has 0 aliphatic rings. The Bertz CT molecular complexity index is 688. The maximum absolute atomic E-state index is 5.95. The number of rotatable bonds is 1. The van der Waals surface area contributed by atoms with Crippen molar-refractivity contribution in [1.29, 1.82) is 0 Å². The zero-order chi connectivity index (χ0) is 11.8. The molecule has 0 atom stereocenters. The van der Waals surface area contributed by atoms with Crippen LogP contribution in [0.25, 0.3) is 22.4 Å². The summed E-state index contributed by atoms with van der Waals surface area (Å²) in [5.41, 5.74) is 2.94. The van der Waals surface area contributed by atoms with E-state index in [1.807, 2.05) is 54.3 Å². The normalized spacial score (nSPS) is 10.9. The molecule has 17 heavy (non-hydrogen) atoms. The molecule has 0 amide bonds. The molecule has 2 heterocycles. The number of H-pyrrole nitrogens is 1. The van der Waals surface area contributed by atoms with Gasteiger partial charge < -0.3 is 4.98 Å². The Hall–Kier alpha value is -1.87. The molecule has 0 saturated heterocycles. The molecule has 2 aromatic heterocycles. The van der Waals surface area contributed by atoms with Crippen molar-refractivity contribution in [3.8, 4) is 11.4 Å². The van der Waals surface area contributed by atoms with Crippen LogP contribution in [0.15, 0.2) is 42.7 Å². The van der Waals surface area contributed by atoms with E-state index in [1.54, 1.807) is 0 Å². The minimum atomic E-state index is 0.714. The van der Waals surface area contributed by atoms with Crippen LogP contribution in [0.3, 0.4) is 0 Å². The smallest absolute Gasteiger partial charge is 0.179 e. The van der Waals surface area contributed by atoms with E-state index in [0.717, 1.165) is 22.4 Å². The number of hydrogen-bond acceptors (Lipinski definition) is 1. The van der Waals surface area contributed by atoms with Gasteiger partial charge in [-0.05, 0) is 24.3 Å². The predicted molar refractivity (Wildman–Crippen MR) is 67.7 cm³/mol. The first-order valence-electron chi connectivity index (χ1n) is 5.33. The van der Waals surface area contributed by atoms with Crippen LogP contribution in [-0.2, 0) is 7.05 Å². The van der Waals surface area contributed by atoms with Crippen LogP contribution >= 0.6 is 11.6 Å². The van der Waals surface area contributed by atoms with E-state index in [1.165, 1.54) is 0 Å². The van der Waals surface area contributed by atoms with Crippen LogP contribution in [0.4, 0.5) is 0 Å². The molecular formula is C13H11ClN3+. The lowest BCUT2D eigenvalue weighted by molar-refractivity contribution is -0.671. The molecule has 1 N–H and O–H groups in total. The molecule has 1 aromatic carbocycles. The van der Waals surface area contributed by atoms with Gasteiger partial charge in [0.1, 0.15) is 12.9 Å². The second-order valence-corrected chi connectivity index (χ2v) is 4.44. The first-order chi connectivity index (χ1) is 8.22. The number of fused-ring (bicyclic) bond motifs is 1. The van der Waals surface area contributed by atoms with Gasteiger partial charge in [0.25, 0.3) is 0 Å². The quantitative estimate of drug-likeness (QED) is 0.656. The predicted octanol–water partition coefficient (Wildman–Crippen LogP) is 2.71. The molecule has 0 aliphatic heterocycles. The second-order valence-electron chi connectivity index (χ2n) is 4.00. The first-order valence-corrected chi connectivity index (χ1v) is 5.71. The van der Waals surface area contributed by atoms with Crippen LogP contribution in [0.2, 0.25) is 5.02 Å². The van der Waals surface area contributed by atoms with Crippen molar-refractivity contribution < 1.29 is 4.57 Å². The maximum atomic E-state index is 5.95. The summed E-state index contributed by atoms with van der Waals surface area (Å²) < 4.78 is 2.00. The van der Waals surface area contributed by atoms with E-state index in [4.69, 9.17) is 11.6 Å². The van der Waals surface area contributed by atoms with E-state index < -0.39 is 0 Å². The van der Waals surface area contributed by atoms with Crippen molar-refractivity contribution in [3.05, 3.63) is 47.7 Å². The Kier molecular flexibility index (Phi) is 2.34. The summed E-state index contributed by atoms with van der Waals surface area (Å²) >= 11 is 5.95. The van der Waals surface area contributed by atoms with Crippen molar-refractivity contribution in [1.82, 2.24) is 9.97 Å². The van der Waals surface area contributed by atoms with Crippen molar-refractivity contribution in [2.24, 2.45) is 7.05 Å². The number of hydrogen-bond donors (Lipinski definition) is 1. The van der Waals surface area contributed by atoms with Gasteiger partial charge in [-0.1, -0.05) is 11.6 Å². The number of aromatic amines is 1. The summed E-state index contributed by atoms with van der Waals surface area (Å²) in [5, 5.41) is 0.714. The monoisotopic (exact) mass is 244 g/mol. The fourth-order valence-corrected chi connectivity index (χ4v) is 2.02. The van der Waals surface area contributed by atoms with Gasteiger partial charge in [0.2, 0.25) is 0 Å². The van der Waals surface area contributed by atoms with Gasteiger partial charge in [0, 0.05) is 11.1 Å². The highest BCUT2D eigenvalue weighted by Crippen LogP contribution is 2.21. The minimum Gasteiger partial charge on any atom is -0.338 e. The van der Waals surface area contributed by atoms with Crippen molar-refractivity contribution in [2.45, 2.75) is 0 Å². The number of benzene rings is 1. The highest BCUT2D eigenvalue weighted by atomic mass is 35.5. The average Bonchev–Trinajstić information content (AvgIpc) is 2.72. The van der Waals surface area contributed by atoms with Gasteiger partial charge in [-0.25, -0.2) is 9.55 Å². The molecule has 4 heteroatoms. The highest BCUT2D eigenvalue weighted by Gasteiger charge is 2.07. The van der Waals surface area contributed by atoms with Crippen molar-refractivity contribution in [2.75, 3.05) is 0 Å². The van der Waals surface area contributed by atoms with Crippen LogP contribution < -0.4 is 4.57 Å². The Balaban J connectivity index is 2.18. The number of aryl methyl sites for hydroxylation is 1. The third-order valence-electron chi connectivity index (χ3n) is 2.66. The third kappa shape index (κ3) is 1.89. The molecule has 3 aromatic rings. The molecule has 0 fully saturated rings. The van der Waals surface area contributed by atoms with Gasteiger partial charge in [0.15, 0.2) is 12.4 Å². The molecule has 3 nitrogen and oxygen atoms in total. The summed E-state index contributed by atoms with van der Waals surface area (Å²) in [6, 6.07) is 9.67. The molecule has 0 aliphatic carbocycles. The standard InChI is InChI=1S/C13H11ClN3/c1-17-6-2-3-9(8-17)13-15-11-5-4-10(14)7-12(11)16-13/h2-8H,1H3,(H,15,16)/q+1. The Morgan fingerprint density at radius 1 is 1.29 bits per heavy atom. The molecule has 0 spiro atoms. The van der Waals surface area contributed by atoms with Gasteiger partial charge in [-0.3, -0.25) is 0 Å². The van der Waals surface area contributed by atoms with Crippen molar-refractivity contribution >= 4 is 22.6 Å². The number of nitrogens with one attached hydrogen (secondary N) is 1. The van der Waals surface area contributed by atoms with E-state index in [9.17, 15) is 0 Å². The number of imidazole rings is 1. The van der Waals surface area contributed by atoms with Crippen LogP contribution in [-0.4, -0.2) is 9.97 Å². The van der Waals surface area contributed by atoms with E-state index in [2.05, 4.69) is 9.97 Å². The largest absolute Gasteiger partial charge is 0.338 e. The number of halogens is 1. The van der Waals surface area contributed by atoms with Crippen LogP contribution in [0, 0.1) is 0 Å². The summed E-state index contributed by atoms with van der Waals surface area (Å²) in [5.74, 6) is 0.860. The molecule has 0 bridgehead atoms. The summed E-state index contributed by atoms with van der Waals surface area (Å²) in [6.45, 7) is 0. The summed E-state index contributed by atoms with van der Waals surface area (Å²) in [7, 11) is 1.99. The van der Waals surface area contributed by atoms with Gasteiger partial charge in [-0.2, -0.15) is 0 Å². The second kappa shape index (κ2) is 3.86. The van der Waals surface area contributed by atoms with Crippen LogP contribution in [0.1, 0.15) is 0 Å². The summed E-state index contributed by atoms with van der Waals surface area (Å²) in [4.78, 5) is 7.81. The lowest BCUT2D eigenvalue weighted by atomic mass is 10.3. The SMILES string of the molecule is C[n+]1cccc(-c2nc3ccc(Cl)cc3[nH]2)c1. The lowest BCUT2D eigenvalue weighted by Crippen LogP contribution is -2.26. The Labute approximate surface area is 104 Å². The van der Waals surface area contributed by atoms with E-state index in [-0.39, 0.29) is 0 Å². The molecule has 0 unspecified atom stereocenters. The fraction of sp³-hybridized carbons (Fsp3) is 0.0769. The van der Waals surface area contributed by atoms with Crippen LogP contribution in [0.5, 0.6) is 0 Å². The number of pyridine rings is 1. The Morgan fingerprint density at radius 3 is 3.00 bits per heavy atom. The molecule has 3 rings (SSSR count).